The van der Waals surface area contributed by atoms with Gasteiger partial charge in [-0.1, -0.05) is 24.6 Å². The van der Waals surface area contributed by atoms with Crippen LogP contribution in [0, 0.1) is 6.92 Å². The van der Waals surface area contributed by atoms with Gasteiger partial charge in [0.2, 0.25) is 0 Å². The highest BCUT2D eigenvalue weighted by Crippen LogP contribution is 2.28. The number of aromatic nitrogens is 4. The molecule has 0 N–H and O–H groups in total. The van der Waals surface area contributed by atoms with Crippen LogP contribution in [-0.4, -0.2) is 51.3 Å². The Balaban J connectivity index is 0.00000240. The fourth-order valence-corrected chi connectivity index (χ4v) is 4.08. The van der Waals surface area contributed by atoms with Gasteiger partial charge in [0.05, 0.1) is 12.3 Å². The zero-order valence-electron chi connectivity index (χ0n) is 16.7. The molecule has 2 aromatic heterocycles. The van der Waals surface area contributed by atoms with Crippen molar-refractivity contribution in [2.24, 2.45) is 0 Å². The number of hydrogen-bond acceptors (Lipinski definition) is 6. The largest absolute Gasteiger partial charge is 0.467 e. The Labute approximate surface area is 182 Å². The molecule has 0 radical (unpaired) electrons. The minimum absolute atomic E-state index is 0. The number of rotatable bonds is 6. The Hall–Kier alpha value is -2.09. The van der Waals surface area contributed by atoms with Gasteiger partial charge >= 0.3 is 0 Å². The summed E-state index contributed by atoms with van der Waals surface area (Å²) in [6.07, 6.45) is 2.63. The summed E-state index contributed by atoms with van der Waals surface area (Å²) >= 11 is 6.21. The highest BCUT2D eigenvalue weighted by Gasteiger charge is 2.28. The first-order chi connectivity index (χ1) is 13.7. The summed E-state index contributed by atoms with van der Waals surface area (Å²) in [7, 11) is 0. The average Bonchev–Trinajstić information content (AvgIpc) is 3.38. The highest BCUT2D eigenvalue weighted by molar-refractivity contribution is 6.30. The smallest absolute Gasteiger partial charge is 0.168 e. The van der Waals surface area contributed by atoms with E-state index >= 15 is 0 Å². The topological polar surface area (TPSA) is 63.2 Å². The molecule has 9 heteroatoms. The van der Waals surface area contributed by atoms with Crippen LogP contribution in [0.4, 0.5) is 5.69 Å². The molecule has 0 spiro atoms. The van der Waals surface area contributed by atoms with Crippen molar-refractivity contribution in [3.05, 3.63) is 58.8 Å². The van der Waals surface area contributed by atoms with E-state index in [1.54, 1.807) is 6.26 Å². The maximum absolute atomic E-state index is 6.21. The molecule has 1 aliphatic heterocycles. The molecule has 1 aliphatic rings. The molecule has 0 aliphatic carbocycles. The van der Waals surface area contributed by atoms with Crippen molar-refractivity contribution in [2.75, 3.05) is 31.1 Å². The SMILES string of the molecule is CCC(c1nnnn1Cc1ccco1)N1CCN(c2cc(Cl)ccc2C)CC1.Cl. The summed E-state index contributed by atoms with van der Waals surface area (Å²) in [5.74, 6) is 1.75. The van der Waals surface area contributed by atoms with Crippen molar-refractivity contribution in [1.29, 1.82) is 0 Å². The summed E-state index contributed by atoms with van der Waals surface area (Å²) in [6, 6.07) is 10.1. The Morgan fingerprint density at radius 1 is 1.17 bits per heavy atom. The molecule has 0 saturated carbocycles. The first-order valence-electron chi connectivity index (χ1n) is 9.69. The molecule has 0 amide bonds. The van der Waals surface area contributed by atoms with Crippen LogP contribution in [0.2, 0.25) is 5.02 Å². The highest BCUT2D eigenvalue weighted by atomic mass is 35.5. The number of halogens is 2. The van der Waals surface area contributed by atoms with Gasteiger partial charge in [-0.15, -0.1) is 17.5 Å². The van der Waals surface area contributed by atoms with Crippen LogP contribution in [0.1, 0.15) is 36.5 Å². The number of tetrazole rings is 1. The molecule has 1 aromatic carbocycles. The molecular formula is C20H26Cl2N6O. The molecule has 0 bridgehead atoms. The third kappa shape index (κ3) is 4.74. The van der Waals surface area contributed by atoms with Crippen LogP contribution in [0.5, 0.6) is 0 Å². The average molecular weight is 437 g/mol. The minimum atomic E-state index is 0. The summed E-state index contributed by atoms with van der Waals surface area (Å²) in [4.78, 5) is 4.89. The lowest BCUT2D eigenvalue weighted by atomic mass is 10.1. The summed E-state index contributed by atoms with van der Waals surface area (Å²) in [5.41, 5.74) is 2.48. The fraction of sp³-hybridized carbons (Fsp3) is 0.450. The fourth-order valence-electron chi connectivity index (χ4n) is 3.91. The van der Waals surface area contributed by atoms with Gasteiger partial charge in [0.25, 0.3) is 0 Å². The third-order valence-electron chi connectivity index (χ3n) is 5.40. The molecule has 1 fully saturated rings. The second kappa shape index (κ2) is 9.61. The van der Waals surface area contributed by atoms with Gasteiger partial charge in [-0.2, -0.15) is 0 Å². The lowest BCUT2D eigenvalue weighted by Gasteiger charge is -2.40. The number of anilines is 1. The number of hydrogen-bond donors (Lipinski definition) is 0. The zero-order valence-corrected chi connectivity index (χ0v) is 18.2. The van der Waals surface area contributed by atoms with E-state index < -0.39 is 0 Å². The molecule has 1 saturated heterocycles. The third-order valence-corrected chi connectivity index (χ3v) is 5.63. The van der Waals surface area contributed by atoms with E-state index in [9.17, 15) is 0 Å². The number of aryl methyl sites for hydroxylation is 1. The van der Waals surface area contributed by atoms with Crippen LogP contribution < -0.4 is 4.90 Å². The quantitative estimate of drug-likeness (QED) is 0.582. The van der Waals surface area contributed by atoms with Gasteiger partial charge in [-0.25, -0.2) is 4.68 Å². The summed E-state index contributed by atoms with van der Waals surface area (Å²) < 4.78 is 7.30. The van der Waals surface area contributed by atoms with Crippen molar-refractivity contribution in [2.45, 2.75) is 32.9 Å². The van der Waals surface area contributed by atoms with E-state index in [0.29, 0.717) is 6.54 Å². The zero-order chi connectivity index (χ0) is 19.5. The van der Waals surface area contributed by atoms with Gasteiger partial charge in [0.15, 0.2) is 5.82 Å². The number of piperazine rings is 1. The van der Waals surface area contributed by atoms with Gasteiger partial charge in [-0.3, -0.25) is 4.90 Å². The standard InChI is InChI=1S/C20H25ClN6O.ClH/c1-3-18(20-22-23-24-27(20)14-17-5-4-12-28-17)25-8-10-26(11-9-25)19-13-16(21)7-6-15(19)2;/h4-7,12-13,18H,3,8-11,14H2,1-2H3;1H. The molecule has 4 rings (SSSR count). The Kier molecular flexibility index (Phi) is 7.16. The van der Waals surface area contributed by atoms with Crippen LogP contribution in [0.15, 0.2) is 41.0 Å². The van der Waals surface area contributed by atoms with Crippen molar-refractivity contribution in [3.8, 4) is 0 Å². The normalized spacial score (nSPS) is 15.9. The number of benzene rings is 1. The van der Waals surface area contributed by atoms with E-state index in [1.165, 1.54) is 11.3 Å². The van der Waals surface area contributed by atoms with E-state index in [-0.39, 0.29) is 18.4 Å². The van der Waals surface area contributed by atoms with Gasteiger partial charge in [0, 0.05) is 36.9 Å². The molecule has 7 nitrogen and oxygen atoms in total. The van der Waals surface area contributed by atoms with Crippen molar-refractivity contribution in [1.82, 2.24) is 25.1 Å². The first-order valence-corrected chi connectivity index (χ1v) is 10.1. The molecular weight excluding hydrogens is 411 g/mol. The maximum Gasteiger partial charge on any atom is 0.168 e. The second-order valence-corrected chi connectivity index (χ2v) is 7.59. The predicted molar refractivity (Wildman–Crippen MR) is 116 cm³/mol. The van der Waals surface area contributed by atoms with E-state index in [2.05, 4.69) is 51.3 Å². The minimum Gasteiger partial charge on any atom is -0.467 e. The molecule has 1 atom stereocenters. The first kappa shape index (κ1) is 21.6. The molecule has 156 valence electrons. The summed E-state index contributed by atoms with van der Waals surface area (Å²) in [5, 5.41) is 13.2. The van der Waals surface area contributed by atoms with Crippen molar-refractivity contribution in [3.63, 3.8) is 0 Å². The van der Waals surface area contributed by atoms with Gasteiger partial charge in [-0.05, 0) is 53.6 Å². The van der Waals surface area contributed by atoms with E-state index in [0.717, 1.165) is 49.2 Å². The van der Waals surface area contributed by atoms with Crippen molar-refractivity contribution >= 4 is 29.7 Å². The molecule has 1 unspecified atom stereocenters. The molecule has 3 heterocycles. The molecule has 29 heavy (non-hydrogen) atoms. The van der Waals surface area contributed by atoms with Crippen LogP contribution in [-0.2, 0) is 6.54 Å². The van der Waals surface area contributed by atoms with Gasteiger partial charge in [0.1, 0.15) is 12.3 Å². The Bertz CT molecular complexity index is 906. The van der Waals surface area contributed by atoms with Crippen molar-refractivity contribution < 1.29 is 4.42 Å². The number of nitrogens with zero attached hydrogens (tertiary/aromatic N) is 6. The Morgan fingerprint density at radius 3 is 2.66 bits per heavy atom. The van der Waals surface area contributed by atoms with E-state index in [4.69, 9.17) is 16.0 Å². The van der Waals surface area contributed by atoms with Gasteiger partial charge < -0.3 is 9.32 Å². The monoisotopic (exact) mass is 436 g/mol. The lowest BCUT2D eigenvalue weighted by Crippen LogP contribution is -2.48. The Morgan fingerprint density at radius 2 is 1.97 bits per heavy atom. The lowest BCUT2D eigenvalue weighted by molar-refractivity contribution is 0.169. The van der Waals surface area contributed by atoms with Crippen LogP contribution in [0.25, 0.3) is 0 Å². The van der Waals surface area contributed by atoms with E-state index in [1.807, 2.05) is 22.9 Å². The second-order valence-electron chi connectivity index (χ2n) is 7.15. The maximum atomic E-state index is 6.21. The number of furan rings is 1. The van der Waals surface area contributed by atoms with Crippen LogP contribution >= 0.6 is 24.0 Å². The molecule has 3 aromatic rings. The summed E-state index contributed by atoms with van der Waals surface area (Å²) in [6.45, 7) is 8.69. The predicted octanol–water partition coefficient (Wildman–Crippen LogP) is 3.97. The van der Waals surface area contributed by atoms with Crippen LogP contribution in [0.3, 0.4) is 0 Å².